The van der Waals surface area contributed by atoms with Crippen LogP contribution < -0.4 is 0 Å². The lowest BCUT2D eigenvalue weighted by Crippen LogP contribution is -2.39. The second kappa shape index (κ2) is 4.85. The molecular weight excluding hydrogens is 248 g/mol. The van der Waals surface area contributed by atoms with E-state index in [1.165, 1.54) is 0 Å². The number of fused-ring (bicyclic) bond motifs is 2. The van der Waals surface area contributed by atoms with Gasteiger partial charge in [0.2, 0.25) is 0 Å². The molecule has 0 saturated heterocycles. The van der Waals surface area contributed by atoms with E-state index in [9.17, 15) is 15.3 Å². The fraction of sp³-hybridized carbons (Fsp3) is 0.571. The largest absolute Gasteiger partial charge is 0.396 e. The lowest BCUT2D eigenvalue weighted by molar-refractivity contribution is -0.395. The van der Waals surface area contributed by atoms with Gasteiger partial charge in [-0.25, -0.2) is 9.78 Å². The van der Waals surface area contributed by atoms with Crippen molar-refractivity contribution in [2.45, 2.75) is 37.8 Å². The van der Waals surface area contributed by atoms with Crippen LogP contribution in [-0.2, 0) is 28.6 Å². The molecule has 1 spiro atoms. The number of aliphatic hydroxyl groups is 3. The first-order chi connectivity index (χ1) is 9.19. The Labute approximate surface area is 111 Å². The molecule has 1 heterocycles. The molecule has 1 saturated carbocycles. The Kier molecular flexibility index (Phi) is 3.32. The summed E-state index contributed by atoms with van der Waals surface area (Å²) in [6.07, 6.45) is 0.382. The Morgan fingerprint density at radius 1 is 1.32 bits per heavy atom. The van der Waals surface area contributed by atoms with E-state index in [4.69, 9.17) is 9.78 Å². The Balaban J connectivity index is 2.10. The molecule has 2 unspecified atom stereocenters. The van der Waals surface area contributed by atoms with Crippen LogP contribution >= 0.6 is 0 Å². The lowest BCUT2D eigenvalue weighted by atomic mass is 9.80. The van der Waals surface area contributed by atoms with E-state index in [-0.39, 0.29) is 19.1 Å². The SMILES string of the molecule is OCc1ccc2c(c1)[C@]1(CC(O)CC1CO)OOC2. The molecule has 3 rings (SSSR count). The average Bonchev–Trinajstić information content (AvgIpc) is 2.75. The first-order valence-electron chi connectivity index (χ1n) is 6.52. The summed E-state index contributed by atoms with van der Waals surface area (Å²) in [5.74, 6) is -0.199. The van der Waals surface area contributed by atoms with E-state index >= 15 is 0 Å². The third-order valence-corrected chi connectivity index (χ3v) is 4.21. The molecule has 0 amide bonds. The quantitative estimate of drug-likeness (QED) is 0.683. The minimum Gasteiger partial charge on any atom is -0.396 e. The molecule has 19 heavy (non-hydrogen) atoms. The molecule has 1 aliphatic heterocycles. The highest BCUT2D eigenvalue weighted by atomic mass is 17.2. The van der Waals surface area contributed by atoms with Gasteiger partial charge in [0.1, 0.15) is 12.2 Å². The van der Waals surface area contributed by atoms with Gasteiger partial charge in [0.05, 0.1) is 12.7 Å². The van der Waals surface area contributed by atoms with Crippen LogP contribution in [0.2, 0.25) is 0 Å². The second-order valence-corrected chi connectivity index (χ2v) is 5.36. The Morgan fingerprint density at radius 3 is 2.89 bits per heavy atom. The van der Waals surface area contributed by atoms with Crippen LogP contribution in [0.25, 0.3) is 0 Å². The van der Waals surface area contributed by atoms with Gasteiger partial charge in [0.15, 0.2) is 0 Å². The van der Waals surface area contributed by atoms with Gasteiger partial charge in [-0.15, -0.1) is 0 Å². The maximum Gasteiger partial charge on any atom is 0.136 e. The standard InChI is InChI=1S/C14H18O5/c15-6-9-1-2-10-8-18-19-14(13(10)3-9)5-12(17)4-11(14)7-16/h1-3,11-12,15-17H,4-8H2/t11?,12?,14-/m1/s1. The van der Waals surface area contributed by atoms with Gasteiger partial charge in [-0.1, -0.05) is 18.2 Å². The predicted molar refractivity (Wildman–Crippen MR) is 65.7 cm³/mol. The topological polar surface area (TPSA) is 79.2 Å². The molecule has 1 fully saturated rings. The van der Waals surface area contributed by atoms with Gasteiger partial charge in [-0.05, 0) is 23.1 Å². The summed E-state index contributed by atoms with van der Waals surface area (Å²) in [6, 6.07) is 5.64. The number of benzene rings is 1. The summed E-state index contributed by atoms with van der Waals surface area (Å²) < 4.78 is 0. The van der Waals surface area contributed by atoms with Crippen molar-refractivity contribution in [3.63, 3.8) is 0 Å². The van der Waals surface area contributed by atoms with Crippen molar-refractivity contribution in [2.75, 3.05) is 6.61 Å². The second-order valence-electron chi connectivity index (χ2n) is 5.36. The van der Waals surface area contributed by atoms with Crippen LogP contribution in [0.5, 0.6) is 0 Å². The normalized spacial score (nSPS) is 33.6. The van der Waals surface area contributed by atoms with Gasteiger partial charge < -0.3 is 15.3 Å². The Hall–Kier alpha value is -0.980. The van der Waals surface area contributed by atoms with E-state index in [2.05, 4.69) is 0 Å². The van der Waals surface area contributed by atoms with Crippen molar-refractivity contribution < 1.29 is 25.1 Å². The molecule has 3 N–H and O–H groups in total. The highest BCUT2D eigenvalue weighted by Crippen LogP contribution is 2.50. The highest BCUT2D eigenvalue weighted by molar-refractivity contribution is 5.38. The first kappa shape index (κ1) is 13.0. The molecule has 1 aromatic rings. The van der Waals surface area contributed by atoms with Crippen LogP contribution in [-0.4, -0.2) is 28.0 Å². The van der Waals surface area contributed by atoms with Gasteiger partial charge in [-0.2, -0.15) is 0 Å². The fourth-order valence-electron chi connectivity index (χ4n) is 3.26. The van der Waals surface area contributed by atoms with Crippen LogP contribution in [0.1, 0.15) is 29.5 Å². The van der Waals surface area contributed by atoms with Crippen molar-refractivity contribution in [1.82, 2.24) is 0 Å². The van der Waals surface area contributed by atoms with Crippen LogP contribution in [0.15, 0.2) is 18.2 Å². The summed E-state index contributed by atoms with van der Waals surface area (Å²) in [7, 11) is 0. The third kappa shape index (κ3) is 1.98. The summed E-state index contributed by atoms with van der Waals surface area (Å²) in [6.45, 7) is 0.233. The van der Waals surface area contributed by atoms with Crippen molar-refractivity contribution >= 4 is 0 Å². The molecule has 104 valence electrons. The predicted octanol–water partition coefficient (Wildman–Crippen LogP) is 0.599. The van der Waals surface area contributed by atoms with Gasteiger partial charge in [0, 0.05) is 18.9 Å². The van der Waals surface area contributed by atoms with Crippen molar-refractivity contribution in [3.8, 4) is 0 Å². The van der Waals surface area contributed by atoms with E-state index in [1.54, 1.807) is 0 Å². The summed E-state index contributed by atoms with van der Waals surface area (Å²) >= 11 is 0. The summed E-state index contributed by atoms with van der Waals surface area (Å²) in [5.41, 5.74) is 1.89. The molecule has 0 bridgehead atoms. The zero-order valence-corrected chi connectivity index (χ0v) is 10.6. The number of hydrogen-bond donors (Lipinski definition) is 3. The van der Waals surface area contributed by atoms with Gasteiger partial charge in [-0.3, -0.25) is 0 Å². The Bertz CT molecular complexity index is 475. The summed E-state index contributed by atoms with van der Waals surface area (Å²) in [4.78, 5) is 10.7. The van der Waals surface area contributed by atoms with Crippen molar-refractivity contribution in [3.05, 3.63) is 34.9 Å². The van der Waals surface area contributed by atoms with Crippen molar-refractivity contribution in [2.24, 2.45) is 5.92 Å². The van der Waals surface area contributed by atoms with E-state index in [0.29, 0.717) is 19.4 Å². The van der Waals surface area contributed by atoms with E-state index < -0.39 is 11.7 Å². The monoisotopic (exact) mass is 266 g/mol. The molecule has 2 aliphatic rings. The molecule has 0 aromatic heterocycles. The van der Waals surface area contributed by atoms with Gasteiger partial charge >= 0.3 is 0 Å². The van der Waals surface area contributed by atoms with E-state index in [1.807, 2.05) is 18.2 Å². The first-order valence-corrected chi connectivity index (χ1v) is 6.52. The molecule has 0 radical (unpaired) electrons. The van der Waals surface area contributed by atoms with Crippen molar-refractivity contribution in [1.29, 1.82) is 0 Å². The van der Waals surface area contributed by atoms with Gasteiger partial charge in [0.25, 0.3) is 0 Å². The third-order valence-electron chi connectivity index (χ3n) is 4.21. The zero-order valence-electron chi connectivity index (χ0n) is 10.6. The smallest absolute Gasteiger partial charge is 0.136 e. The number of aliphatic hydroxyl groups excluding tert-OH is 3. The molecule has 5 nitrogen and oxygen atoms in total. The maximum atomic E-state index is 9.90. The molecule has 1 aromatic carbocycles. The lowest BCUT2D eigenvalue weighted by Gasteiger charge is -2.38. The molecular formula is C14H18O5. The maximum absolute atomic E-state index is 9.90. The van der Waals surface area contributed by atoms with Crippen LogP contribution in [0, 0.1) is 5.92 Å². The number of rotatable bonds is 2. The van der Waals surface area contributed by atoms with Crippen LogP contribution in [0.4, 0.5) is 0 Å². The Morgan fingerprint density at radius 2 is 2.16 bits per heavy atom. The molecule has 5 heteroatoms. The summed E-state index contributed by atoms with van der Waals surface area (Å²) in [5, 5.41) is 28.7. The minimum absolute atomic E-state index is 0.0451. The number of hydrogen-bond acceptors (Lipinski definition) is 5. The van der Waals surface area contributed by atoms with E-state index in [0.717, 1.165) is 16.7 Å². The zero-order chi connectivity index (χ0) is 13.5. The molecule has 3 atom stereocenters. The highest BCUT2D eigenvalue weighted by Gasteiger charge is 2.52. The average molecular weight is 266 g/mol. The minimum atomic E-state index is -0.799. The fourth-order valence-corrected chi connectivity index (χ4v) is 3.26. The van der Waals surface area contributed by atoms with Crippen LogP contribution in [0.3, 0.4) is 0 Å². The molecule has 1 aliphatic carbocycles.